The van der Waals surface area contributed by atoms with Gasteiger partial charge in [-0.2, -0.15) is 0 Å². The van der Waals surface area contributed by atoms with Crippen molar-refractivity contribution in [2.24, 2.45) is 5.41 Å². The number of benzene rings is 1. The maximum Gasteiger partial charge on any atom is 0.310 e. The number of rotatable bonds is 6. The van der Waals surface area contributed by atoms with Crippen molar-refractivity contribution in [2.75, 3.05) is 13.2 Å². The molecule has 0 spiro atoms. The van der Waals surface area contributed by atoms with Crippen LogP contribution in [0.15, 0.2) is 29.2 Å². The van der Waals surface area contributed by atoms with Gasteiger partial charge in [0.1, 0.15) is 11.0 Å². The van der Waals surface area contributed by atoms with E-state index in [1.807, 2.05) is 6.92 Å². The van der Waals surface area contributed by atoms with Crippen molar-refractivity contribution in [1.29, 1.82) is 0 Å². The third-order valence-corrected chi connectivity index (χ3v) is 14.8. The van der Waals surface area contributed by atoms with E-state index in [-0.39, 0.29) is 28.0 Å². The summed E-state index contributed by atoms with van der Waals surface area (Å²) >= 11 is 0. The molecule has 11 heteroatoms. The van der Waals surface area contributed by atoms with E-state index < -0.39 is 29.5 Å². The number of fused-ring (bicyclic) bond motifs is 1. The molecule has 2 aliphatic rings. The Labute approximate surface area is 241 Å². The zero-order valence-corrected chi connectivity index (χ0v) is 27.1. The molecule has 2 heterocycles. The van der Waals surface area contributed by atoms with Crippen LogP contribution in [0.1, 0.15) is 106 Å². The molecule has 1 aromatic carbocycles. The molecule has 1 saturated heterocycles. The number of halogens is 5. The van der Waals surface area contributed by atoms with E-state index in [9.17, 15) is 24.5 Å². The first-order chi connectivity index (χ1) is 18.4. The van der Waals surface area contributed by atoms with Crippen LogP contribution in [0.5, 0.6) is 0 Å². The zero-order chi connectivity index (χ0) is 30.9. The number of hydrogen-bond donors (Lipinski definition) is 1. The van der Waals surface area contributed by atoms with Crippen molar-refractivity contribution in [2.45, 2.75) is 108 Å². The smallest absolute Gasteiger partial charge is 0.310 e. The fourth-order valence-electron chi connectivity index (χ4n) is 5.85. The van der Waals surface area contributed by atoms with Crippen LogP contribution in [-0.2, 0) is 15.6 Å². The molecule has 2 aromatic rings. The largest absolute Gasteiger partial charge is 0.410 e. The van der Waals surface area contributed by atoms with Crippen LogP contribution in [0.4, 0.5) is 19.4 Å². The minimum absolute atomic E-state index is 0.00818. The maximum atomic E-state index is 13.4. The van der Waals surface area contributed by atoms with E-state index in [0.717, 1.165) is 41.8 Å². The first-order valence-corrected chi connectivity index (χ1v) is 19.1. The van der Waals surface area contributed by atoms with Gasteiger partial charge in [0.05, 0.1) is 11.8 Å². The van der Waals surface area contributed by atoms with Crippen LogP contribution in [0.3, 0.4) is 0 Å². The lowest BCUT2D eigenvalue weighted by atomic mass is 9.72. The summed E-state index contributed by atoms with van der Waals surface area (Å²) < 4.78 is 79.5. The summed E-state index contributed by atoms with van der Waals surface area (Å²) in [4.78, 5) is 3.21. The maximum absolute atomic E-state index is 13.4. The van der Waals surface area contributed by atoms with Crippen LogP contribution < -0.4 is 0 Å². The van der Waals surface area contributed by atoms with Crippen LogP contribution in [0.2, 0.25) is 18.1 Å². The highest BCUT2D eigenvalue weighted by Gasteiger charge is 2.65. The number of aliphatic hydroxyl groups is 1. The van der Waals surface area contributed by atoms with E-state index in [1.54, 1.807) is 0 Å². The van der Waals surface area contributed by atoms with Crippen molar-refractivity contribution in [3.63, 3.8) is 0 Å². The molecule has 2 atom stereocenters. The second-order valence-electron chi connectivity index (χ2n) is 14.1. The van der Waals surface area contributed by atoms with Gasteiger partial charge in [0.25, 0.3) is 0 Å². The lowest BCUT2D eigenvalue weighted by Gasteiger charge is -2.45. The topological polar surface area (TPSA) is 51.6 Å². The normalized spacial score (nSPS) is 22.9. The highest BCUT2D eigenvalue weighted by atomic mass is 32.5. The van der Waals surface area contributed by atoms with Gasteiger partial charge in [0.15, 0.2) is 8.32 Å². The van der Waals surface area contributed by atoms with Gasteiger partial charge < -0.3 is 14.3 Å². The third kappa shape index (κ3) is 6.84. The second-order valence-corrected chi connectivity index (χ2v) is 21.3. The number of hydrogen-bond acceptors (Lipinski definition) is 4. The third-order valence-electron chi connectivity index (χ3n) is 9.12. The quantitative estimate of drug-likeness (QED) is 0.258. The second kappa shape index (κ2) is 9.74. The zero-order valence-electron chi connectivity index (χ0n) is 25.3. The number of aromatic nitrogens is 1. The Morgan fingerprint density at radius 2 is 1.61 bits per heavy atom. The van der Waals surface area contributed by atoms with Gasteiger partial charge in [-0.15, -0.1) is 0 Å². The Bertz CT molecular complexity index is 1300. The molecule has 1 aromatic heterocycles. The molecule has 41 heavy (non-hydrogen) atoms. The predicted molar refractivity (Wildman–Crippen MR) is 157 cm³/mol. The lowest BCUT2D eigenvalue weighted by molar-refractivity contribution is 0.0827. The summed E-state index contributed by atoms with van der Waals surface area (Å²) in [6, 6.07) is 2.61. The minimum atomic E-state index is -9.84. The van der Waals surface area contributed by atoms with E-state index in [4.69, 9.17) is 14.1 Å². The Morgan fingerprint density at radius 3 is 2.12 bits per heavy atom. The van der Waals surface area contributed by atoms with Gasteiger partial charge in [-0.25, -0.2) is 0 Å². The van der Waals surface area contributed by atoms with E-state index in [2.05, 4.69) is 47.7 Å². The highest BCUT2D eigenvalue weighted by Crippen LogP contribution is 3.02. The Morgan fingerprint density at radius 1 is 1.05 bits per heavy atom. The summed E-state index contributed by atoms with van der Waals surface area (Å²) in [5.74, 6) is -0.00818. The fourth-order valence-corrected chi connectivity index (χ4v) is 7.76. The van der Waals surface area contributed by atoms with Gasteiger partial charge in [0.2, 0.25) is 0 Å². The van der Waals surface area contributed by atoms with E-state index in [0.29, 0.717) is 49.4 Å². The van der Waals surface area contributed by atoms with Gasteiger partial charge in [-0.1, -0.05) is 66.2 Å². The molecule has 4 nitrogen and oxygen atoms in total. The van der Waals surface area contributed by atoms with Crippen molar-refractivity contribution in [3.8, 4) is 0 Å². The van der Waals surface area contributed by atoms with Crippen LogP contribution in [0.25, 0.3) is 0 Å². The van der Waals surface area contributed by atoms with Gasteiger partial charge in [0, 0.05) is 36.0 Å². The fraction of sp³-hybridized carbons (Fsp3) is 0.633. The first kappa shape index (κ1) is 32.4. The number of nitrogens with zero attached hydrogens (tertiary/aromatic N) is 1. The SMILES string of the molecule is Cc1c2c(nc(C3CCOCC3)c1C(O)c1ccc(S(F)(F)(F)(F)F)cc1)CC(C)(C)CC2O[Si](C)(C)C(C)(C)C. The summed E-state index contributed by atoms with van der Waals surface area (Å²) in [7, 11) is -12.1. The van der Waals surface area contributed by atoms with Crippen LogP contribution in [-0.4, -0.2) is 31.6 Å². The molecular weight excluding hydrogens is 577 g/mol. The molecule has 1 aliphatic carbocycles. The Kier molecular flexibility index (Phi) is 7.69. The summed E-state index contributed by atoms with van der Waals surface area (Å²) in [6.07, 6.45) is 1.28. The van der Waals surface area contributed by atoms with Crippen molar-refractivity contribution in [3.05, 3.63) is 57.9 Å². The molecule has 2 unspecified atom stereocenters. The standard InChI is InChI=1S/C30H44F5NO3SSi/c1-19-25-23(17-30(5,6)18-24(25)39-41(7,8)29(2,3)4)36-27(20-13-15-38-16-14-20)26(19)28(37)21-9-11-22(12-10-21)40(31,32,33,34)35/h9-12,20,24,28,37H,13-18H2,1-8H3. The number of pyridine rings is 1. The van der Waals surface area contributed by atoms with Crippen molar-refractivity contribution >= 4 is 18.5 Å². The minimum Gasteiger partial charge on any atom is -0.410 e. The lowest BCUT2D eigenvalue weighted by Crippen LogP contribution is -2.44. The Balaban J connectivity index is 1.89. The molecule has 1 aliphatic heterocycles. The van der Waals surface area contributed by atoms with Gasteiger partial charge in [-0.3, -0.25) is 4.98 Å². The molecule has 232 valence electrons. The van der Waals surface area contributed by atoms with Crippen molar-refractivity contribution in [1.82, 2.24) is 4.98 Å². The van der Waals surface area contributed by atoms with Gasteiger partial charge >= 0.3 is 10.2 Å². The average molecular weight is 622 g/mol. The predicted octanol–water partition coefficient (Wildman–Crippen LogP) is 10.1. The monoisotopic (exact) mass is 621 g/mol. The van der Waals surface area contributed by atoms with E-state index >= 15 is 0 Å². The summed E-state index contributed by atoms with van der Waals surface area (Å²) in [5.41, 5.74) is 3.93. The average Bonchev–Trinajstić information content (AvgIpc) is 2.80. The Hall–Kier alpha value is -1.53. The molecule has 0 bridgehead atoms. The number of aliphatic hydroxyl groups excluding tert-OH is 1. The molecule has 0 saturated carbocycles. The molecule has 4 rings (SSSR count). The summed E-state index contributed by atoms with van der Waals surface area (Å²) in [5, 5.41) is 11.7. The van der Waals surface area contributed by atoms with Crippen LogP contribution in [0, 0.1) is 12.3 Å². The molecule has 0 amide bonds. The van der Waals surface area contributed by atoms with Crippen molar-refractivity contribution < 1.29 is 33.7 Å². The highest BCUT2D eigenvalue weighted by molar-refractivity contribution is 8.45. The first-order valence-electron chi connectivity index (χ1n) is 14.2. The van der Waals surface area contributed by atoms with Crippen LogP contribution >= 0.6 is 10.2 Å². The summed E-state index contributed by atoms with van der Waals surface area (Å²) in [6.45, 7) is 18.3. The molecule has 1 N–H and O–H groups in total. The molecular formula is C30H44F5NO3SSi. The number of ether oxygens (including phenoxy) is 1. The van der Waals surface area contributed by atoms with E-state index in [1.165, 1.54) is 0 Å². The molecule has 1 fully saturated rings. The molecule has 0 radical (unpaired) electrons. The van der Waals surface area contributed by atoms with Gasteiger partial charge in [-0.05, 0) is 79.4 Å².